The minimum atomic E-state index is -1.57. The number of aliphatic hydroxyl groups excluding tert-OH is 2. The first-order valence-electron chi connectivity index (χ1n) is 8.11. The van der Waals surface area contributed by atoms with Crippen LogP contribution in [0, 0.1) is 6.92 Å². The number of methoxy groups -OCH3 is 1. The van der Waals surface area contributed by atoms with E-state index in [0.29, 0.717) is 5.56 Å². The van der Waals surface area contributed by atoms with Crippen LogP contribution in [-0.2, 0) is 20.4 Å². The molecule has 23 heavy (non-hydrogen) atoms. The molecular formula is C19H28O4. The summed E-state index contributed by atoms with van der Waals surface area (Å²) < 4.78 is 4.53. The summed E-state index contributed by atoms with van der Waals surface area (Å²) in [5, 5.41) is 20.4. The zero-order chi connectivity index (χ0) is 17.6. The SMILES string of the molecule is COC(=O)C(O)C(O)c1cc2c(cc1C)C(C)(C)CCC2(C)C. The van der Waals surface area contributed by atoms with Crippen LogP contribution in [0.4, 0.5) is 0 Å². The summed E-state index contributed by atoms with van der Waals surface area (Å²) in [6.45, 7) is 10.8. The number of esters is 1. The number of aryl methyl sites for hydroxylation is 1. The lowest BCUT2D eigenvalue weighted by Crippen LogP contribution is -2.35. The zero-order valence-corrected chi connectivity index (χ0v) is 14.9. The van der Waals surface area contributed by atoms with Crippen molar-refractivity contribution >= 4 is 5.97 Å². The Kier molecular flexibility index (Phi) is 4.62. The van der Waals surface area contributed by atoms with E-state index >= 15 is 0 Å². The highest BCUT2D eigenvalue weighted by Crippen LogP contribution is 2.47. The maximum atomic E-state index is 11.5. The highest BCUT2D eigenvalue weighted by molar-refractivity contribution is 5.75. The van der Waals surface area contributed by atoms with Crippen LogP contribution in [-0.4, -0.2) is 29.4 Å². The van der Waals surface area contributed by atoms with Crippen molar-refractivity contribution in [2.75, 3.05) is 7.11 Å². The van der Waals surface area contributed by atoms with Crippen molar-refractivity contribution in [1.82, 2.24) is 0 Å². The van der Waals surface area contributed by atoms with Crippen molar-refractivity contribution < 1.29 is 19.7 Å². The van der Waals surface area contributed by atoms with Gasteiger partial charge in [0.05, 0.1) is 7.11 Å². The lowest BCUT2D eigenvalue weighted by atomic mass is 9.62. The quantitative estimate of drug-likeness (QED) is 0.840. The molecule has 1 aliphatic rings. The second kappa shape index (κ2) is 5.91. The molecule has 4 nitrogen and oxygen atoms in total. The summed E-state index contributed by atoms with van der Waals surface area (Å²) in [6, 6.07) is 4.06. The Balaban J connectivity index is 2.55. The Hall–Kier alpha value is -1.39. The number of carbonyl (C=O) groups excluding carboxylic acids is 1. The van der Waals surface area contributed by atoms with E-state index in [2.05, 4.69) is 38.5 Å². The van der Waals surface area contributed by atoms with Crippen LogP contribution in [0.5, 0.6) is 0 Å². The van der Waals surface area contributed by atoms with Crippen LogP contribution in [0.2, 0.25) is 0 Å². The molecule has 0 aliphatic heterocycles. The summed E-state index contributed by atoms with van der Waals surface area (Å²) >= 11 is 0. The van der Waals surface area contributed by atoms with Crippen molar-refractivity contribution in [2.45, 2.75) is 70.5 Å². The van der Waals surface area contributed by atoms with Crippen LogP contribution in [0.25, 0.3) is 0 Å². The average molecular weight is 320 g/mol. The van der Waals surface area contributed by atoms with Crippen molar-refractivity contribution in [3.8, 4) is 0 Å². The Morgan fingerprint density at radius 3 is 2.04 bits per heavy atom. The minimum absolute atomic E-state index is 0.00322. The van der Waals surface area contributed by atoms with Gasteiger partial charge in [-0.25, -0.2) is 4.79 Å². The van der Waals surface area contributed by atoms with Gasteiger partial charge in [0.2, 0.25) is 0 Å². The molecule has 0 radical (unpaired) electrons. The van der Waals surface area contributed by atoms with E-state index in [1.165, 1.54) is 18.2 Å². The highest BCUT2D eigenvalue weighted by atomic mass is 16.5. The molecule has 0 saturated heterocycles. The van der Waals surface area contributed by atoms with Gasteiger partial charge in [0.1, 0.15) is 6.10 Å². The predicted octanol–water partition coefficient (Wildman–Crippen LogP) is 2.91. The normalized spacial score (nSPS) is 21.2. The van der Waals surface area contributed by atoms with Gasteiger partial charge in [0, 0.05) is 0 Å². The van der Waals surface area contributed by atoms with E-state index in [9.17, 15) is 15.0 Å². The van der Waals surface area contributed by atoms with Gasteiger partial charge in [-0.15, -0.1) is 0 Å². The highest BCUT2D eigenvalue weighted by Gasteiger charge is 2.38. The number of ether oxygens (including phenoxy) is 1. The smallest absolute Gasteiger partial charge is 0.337 e. The molecule has 0 spiro atoms. The summed E-state index contributed by atoms with van der Waals surface area (Å²) in [6.07, 6.45) is -0.686. The van der Waals surface area contributed by atoms with Crippen LogP contribution < -0.4 is 0 Å². The lowest BCUT2D eigenvalue weighted by molar-refractivity contribution is -0.156. The summed E-state index contributed by atoms with van der Waals surface area (Å²) in [4.78, 5) is 11.5. The number of hydrogen-bond acceptors (Lipinski definition) is 4. The van der Waals surface area contributed by atoms with E-state index in [0.717, 1.165) is 18.4 Å². The van der Waals surface area contributed by atoms with Gasteiger partial charge in [-0.1, -0.05) is 39.8 Å². The van der Waals surface area contributed by atoms with Gasteiger partial charge in [0.25, 0.3) is 0 Å². The molecule has 1 aromatic carbocycles. The third kappa shape index (κ3) is 3.15. The molecule has 2 rings (SSSR count). The van der Waals surface area contributed by atoms with Gasteiger partial charge in [-0.2, -0.15) is 0 Å². The first-order valence-corrected chi connectivity index (χ1v) is 8.11. The molecule has 0 saturated carbocycles. The molecule has 0 aromatic heterocycles. The van der Waals surface area contributed by atoms with Gasteiger partial charge < -0.3 is 14.9 Å². The van der Waals surface area contributed by atoms with Crippen molar-refractivity contribution in [3.05, 3.63) is 34.4 Å². The van der Waals surface area contributed by atoms with E-state index in [-0.39, 0.29) is 10.8 Å². The van der Waals surface area contributed by atoms with Crippen LogP contribution in [0.3, 0.4) is 0 Å². The molecule has 0 amide bonds. The van der Waals surface area contributed by atoms with Crippen molar-refractivity contribution in [3.63, 3.8) is 0 Å². The van der Waals surface area contributed by atoms with Crippen molar-refractivity contribution in [2.24, 2.45) is 0 Å². The maximum absolute atomic E-state index is 11.5. The second-order valence-corrected chi connectivity index (χ2v) is 7.93. The maximum Gasteiger partial charge on any atom is 0.337 e. The number of aliphatic hydroxyl groups is 2. The monoisotopic (exact) mass is 320 g/mol. The minimum Gasteiger partial charge on any atom is -0.467 e. The van der Waals surface area contributed by atoms with Gasteiger partial charge in [-0.05, 0) is 52.8 Å². The van der Waals surface area contributed by atoms with Gasteiger partial charge in [-0.3, -0.25) is 0 Å². The molecule has 0 heterocycles. The number of benzene rings is 1. The predicted molar refractivity (Wildman–Crippen MR) is 89.4 cm³/mol. The van der Waals surface area contributed by atoms with Gasteiger partial charge in [0.15, 0.2) is 6.10 Å². The largest absolute Gasteiger partial charge is 0.467 e. The summed E-state index contributed by atoms with van der Waals surface area (Å²) in [5.41, 5.74) is 4.03. The third-order valence-corrected chi connectivity index (χ3v) is 5.30. The fourth-order valence-corrected chi connectivity index (χ4v) is 3.48. The molecule has 0 fully saturated rings. The number of hydrogen-bond donors (Lipinski definition) is 2. The fourth-order valence-electron chi connectivity index (χ4n) is 3.48. The molecule has 1 aliphatic carbocycles. The number of fused-ring (bicyclic) bond motifs is 1. The molecule has 2 atom stereocenters. The average Bonchev–Trinajstić information content (AvgIpc) is 2.49. The summed E-state index contributed by atoms with van der Waals surface area (Å²) in [7, 11) is 1.20. The zero-order valence-electron chi connectivity index (χ0n) is 14.9. The molecule has 128 valence electrons. The molecule has 1 aromatic rings. The van der Waals surface area contributed by atoms with E-state index in [1.54, 1.807) is 0 Å². The van der Waals surface area contributed by atoms with E-state index < -0.39 is 18.2 Å². The number of carbonyl (C=O) groups is 1. The second-order valence-electron chi connectivity index (χ2n) is 7.93. The Labute approximate surface area is 138 Å². The Morgan fingerprint density at radius 2 is 1.57 bits per heavy atom. The summed E-state index contributed by atoms with van der Waals surface area (Å²) in [5.74, 6) is -0.825. The van der Waals surface area contributed by atoms with E-state index in [1.807, 2.05) is 13.0 Å². The molecule has 4 heteroatoms. The molecule has 0 bridgehead atoms. The third-order valence-electron chi connectivity index (χ3n) is 5.30. The van der Waals surface area contributed by atoms with Gasteiger partial charge >= 0.3 is 5.97 Å². The molecule has 2 unspecified atom stereocenters. The van der Waals surface area contributed by atoms with Crippen LogP contribution in [0.1, 0.15) is 68.9 Å². The fraction of sp³-hybridized carbons (Fsp3) is 0.632. The number of rotatable bonds is 3. The van der Waals surface area contributed by atoms with E-state index in [4.69, 9.17) is 0 Å². The first kappa shape index (κ1) is 18.0. The standard InChI is InChI=1S/C19H28O4/c1-11-9-13-14(19(4,5)8-7-18(13,2)3)10-12(11)15(20)16(21)17(22)23-6/h9-10,15-16,20-21H,7-8H2,1-6H3. The first-order chi connectivity index (χ1) is 10.5. The van der Waals surface area contributed by atoms with Crippen molar-refractivity contribution in [1.29, 1.82) is 0 Å². The molecule has 2 N–H and O–H groups in total. The Bertz CT molecular complexity index is 616. The molecular weight excluding hydrogens is 292 g/mol. The lowest BCUT2D eigenvalue weighted by Gasteiger charge is -2.42. The van der Waals surface area contributed by atoms with Crippen LogP contribution in [0.15, 0.2) is 12.1 Å². The topological polar surface area (TPSA) is 66.8 Å². The Morgan fingerprint density at radius 1 is 1.09 bits per heavy atom. The van der Waals surface area contributed by atoms with Crippen LogP contribution >= 0.6 is 0 Å².